The number of methoxy groups -OCH3 is 1. The highest BCUT2D eigenvalue weighted by Crippen LogP contribution is 2.48. The molecule has 6 heterocycles. The summed E-state index contributed by atoms with van der Waals surface area (Å²) in [6, 6.07) is 10.7. The highest BCUT2D eigenvalue weighted by atomic mass is 32.1. The van der Waals surface area contributed by atoms with Crippen LogP contribution >= 0.6 is 22.7 Å². The summed E-state index contributed by atoms with van der Waals surface area (Å²) in [5.74, 6) is 0.906. The molecular weight excluding hydrogens is 723 g/mol. The number of anilines is 2. The second-order valence-electron chi connectivity index (χ2n) is 16.2. The van der Waals surface area contributed by atoms with Crippen molar-refractivity contribution in [3.05, 3.63) is 47.0 Å². The SMILES string of the molecule is COCCN1CCN(c2sc3c(c2-c2nc4ccc(-c5ccc(N6CCN(C(=O)OC(C)(C)C)CC6)nc5)cc4s2)CCN(C(=O)OC(C)(C)C)C3)CC1. The van der Waals surface area contributed by atoms with Crippen molar-refractivity contribution in [3.8, 4) is 21.7 Å². The van der Waals surface area contributed by atoms with Gasteiger partial charge < -0.3 is 33.8 Å². The second kappa shape index (κ2) is 15.6. The highest BCUT2D eigenvalue weighted by molar-refractivity contribution is 7.23. The molecule has 3 aliphatic heterocycles. The molecule has 4 aromatic rings. The zero-order valence-electron chi connectivity index (χ0n) is 32.6. The predicted octanol–water partition coefficient (Wildman–Crippen LogP) is 7.21. The predicted molar refractivity (Wildman–Crippen MR) is 217 cm³/mol. The molecular formula is C40H53N7O5S2. The Balaban J connectivity index is 1.11. The number of aromatic nitrogens is 2. The number of benzene rings is 1. The van der Waals surface area contributed by atoms with E-state index in [-0.39, 0.29) is 12.2 Å². The smallest absolute Gasteiger partial charge is 0.410 e. The maximum Gasteiger partial charge on any atom is 0.410 e. The van der Waals surface area contributed by atoms with E-state index in [2.05, 4.69) is 45.0 Å². The van der Waals surface area contributed by atoms with E-state index in [9.17, 15) is 9.59 Å². The zero-order chi connectivity index (χ0) is 38.2. The van der Waals surface area contributed by atoms with E-state index >= 15 is 0 Å². The summed E-state index contributed by atoms with van der Waals surface area (Å²) < 4.78 is 17.8. The average molecular weight is 776 g/mol. The molecule has 3 aliphatic rings. The van der Waals surface area contributed by atoms with E-state index in [1.807, 2.05) is 64.0 Å². The molecule has 0 aliphatic carbocycles. The molecule has 12 nitrogen and oxygen atoms in total. The van der Waals surface area contributed by atoms with Gasteiger partial charge >= 0.3 is 12.2 Å². The molecule has 2 amide bonds. The third-order valence-corrected chi connectivity index (χ3v) is 12.2. The van der Waals surface area contributed by atoms with Gasteiger partial charge in [-0.1, -0.05) is 6.07 Å². The minimum atomic E-state index is -0.538. The van der Waals surface area contributed by atoms with E-state index in [1.54, 1.807) is 23.3 Å². The van der Waals surface area contributed by atoms with Crippen LogP contribution in [0.25, 0.3) is 31.9 Å². The number of nitrogens with zero attached hydrogens (tertiary/aromatic N) is 7. The lowest BCUT2D eigenvalue weighted by Crippen LogP contribution is -2.50. The number of thiophene rings is 1. The van der Waals surface area contributed by atoms with Gasteiger partial charge in [0.25, 0.3) is 0 Å². The van der Waals surface area contributed by atoms with Crippen LogP contribution in [0.5, 0.6) is 0 Å². The Labute approximate surface area is 326 Å². The number of carbonyl (C=O) groups is 2. The number of ether oxygens (including phenoxy) is 3. The normalized spacial score (nSPS) is 17.2. The third-order valence-electron chi connectivity index (χ3n) is 9.90. The first-order chi connectivity index (χ1) is 25.7. The van der Waals surface area contributed by atoms with Gasteiger partial charge in [0.1, 0.15) is 27.0 Å². The first kappa shape index (κ1) is 38.3. The van der Waals surface area contributed by atoms with Crippen molar-refractivity contribution in [2.24, 2.45) is 0 Å². The summed E-state index contributed by atoms with van der Waals surface area (Å²) in [7, 11) is 1.76. The summed E-state index contributed by atoms with van der Waals surface area (Å²) in [5.41, 5.74) is 4.61. The first-order valence-corrected chi connectivity index (χ1v) is 20.6. The molecule has 0 unspecified atom stereocenters. The van der Waals surface area contributed by atoms with Gasteiger partial charge in [0, 0.05) is 94.8 Å². The maximum absolute atomic E-state index is 13.1. The molecule has 0 atom stereocenters. The van der Waals surface area contributed by atoms with Crippen LogP contribution in [-0.4, -0.2) is 127 Å². The number of pyridine rings is 1. The Morgan fingerprint density at radius 3 is 2.09 bits per heavy atom. The van der Waals surface area contributed by atoms with Crippen LogP contribution in [0.2, 0.25) is 0 Å². The van der Waals surface area contributed by atoms with Gasteiger partial charge in [0.2, 0.25) is 0 Å². The molecule has 2 saturated heterocycles. The summed E-state index contributed by atoms with van der Waals surface area (Å²) in [6.45, 7) is 20.7. The Kier molecular flexibility index (Phi) is 11.1. The van der Waals surface area contributed by atoms with Crippen molar-refractivity contribution in [2.75, 3.05) is 89.0 Å². The molecule has 0 spiro atoms. The molecule has 2 fully saturated rings. The fourth-order valence-corrected chi connectivity index (χ4v) is 9.67. The molecule has 290 valence electrons. The van der Waals surface area contributed by atoms with E-state index < -0.39 is 11.2 Å². The van der Waals surface area contributed by atoms with E-state index in [0.29, 0.717) is 39.3 Å². The highest BCUT2D eigenvalue weighted by Gasteiger charge is 2.33. The van der Waals surface area contributed by atoms with Crippen molar-refractivity contribution >= 4 is 55.9 Å². The van der Waals surface area contributed by atoms with Crippen molar-refractivity contribution in [3.63, 3.8) is 0 Å². The number of fused-ring (bicyclic) bond motifs is 2. The Morgan fingerprint density at radius 1 is 0.778 bits per heavy atom. The minimum Gasteiger partial charge on any atom is -0.444 e. The Hall–Kier alpha value is -3.98. The lowest BCUT2D eigenvalue weighted by atomic mass is 10.0. The molecule has 3 aromatic heterocycles. The zero-order valence-corrected chi connectivity index (χ0v) is 34.3. The topological polar surface area (TPSA) is 104 Å². The number of hydrogen-bond acceptors (Lipinski definition) is 12. The van der Waals surface area contributed by atoms with E-state index in [4.69, 9.17) is 24.2 Å². The number of rotatable bonds is 7. The summed E-state index contributed by atoms with van der Waals surface area (Å²) >= 11 is 3.55. The largest absolute Gasteiger partial charge is 0.444 e. The molecule has 0 radical (unpaired) electrons. The van der Waals surface area contributed by atoms with Crippen LogP contribution in [0.1, 0.15) is 52.0 Å². The first-order valence-electron chi connectivity index (χ1n) is 18.9. The number of hydrogen-bond donors (Lipinski definition) is 0. The third kappa shape index (κ3) is 8.77. The average Bonchev–Trinajstić information content (AvgIpc) is 3.74. The van der Waals surface area contributed by atoms with Gasteiger partial charge in [-0.15, -0.1) is 22.7 Å². The van der Waals surface area contributed by atoms with Crippen LogP contribution in [-0.2, 0) is 27.2 Å². The van der Waals surface area contributed by atoms with Crippen LogP contribution in [0, 0.1) is 0 Å². The number of thiazole rings is 1. The van der Waals surface area contributed by atoms with E-state index in [0.717, 1.165) is 77.9 Å². The standard InChI is InChI=1S/C40H53N7O5S2/c1-39(2,3)51-37(48)46-20-18-44(19-21-46)33-11-9-28(25-41-33)27-8-10-30-31(24-27)53-35(42-30)34-29-12-13-47(38(49)52-40(4,5)6)26-32(29)54-36(34)45-16-14-43(15-17-45)22-23-50-7/h8-11,24-25H,12-23,26H2,1-7H3. The van der Waals surface area contributed by atoms with Crippen LogP contribution in [0.3, 0.4) is 0 Å². The lowest BCUT2D eigenvalue weighted by Gasteiger charge is -2.36. The number of carbonyl (C=O) groups excluding carboxylic acids is 2. The van der Waals surface area contributed by atoms with Crippen molar-refractivity contribution in [2.45, 2.75) is 65.7 Å². The summed E-state index contributed by atoms with van der Waals surface area (Å²) in [4.78, 5) is 47.7. The van der Waals surface area contributed by atoms with Crippen LogP contribution in [0.15, 0.2) is 36.5 Å². The molecule has 0 saturated carbocycles. The van der Waals surface area contributed by atoms with Gasteiger partial charge in [-0.2, -0.15) is 0 Å². The van der Waals surface area contributed by atoms with Gasteiger partial charge in [0.05, 0.1) is 23.4 Å². The number of amides is 2. The van der Waals surface area contributed by atoms with Crippen molar-refractivity contribution in [1.82, 2.24) is 24.7 Å². The minimum absolute atomic E-state index is 0.257. The molecule has 14 heteroatoms. The van der Waals surface area contributed by atoms with Gasteiger partial charge in [-0.25, -0.2) is 19.6 Å². The molecule has 1 aromatic carbocycles. The Bertz CT molecular complexity index is 1950. The van der Waals surface area contributed by atoms with Crippen LogP contribution < -0.4 is 9.80 Å². The fourth-order valence-electron chi connectivity index (χ4n) is 7.11. The van der Waals surface area contributed by atoms with Gasteiger partial charge in [0.15, 0.2) is 0 Å². The lowest BCUT2D eigenvalue weighted by molar-refractivity contribution is 0.0221. The summed E-state index contributed by atoms with van der Waals surface area (Å²) in [6.07, 6.45) is 2.19. The number of piperazine rings is 2. The quantitative estimate of drug-likeness (QED) is 0.192. The molecule has 7 rings (SSSR count). The van der Waals surface area contributed by atoms with E-state index in [1.165, 1.54) is 21.0 Å². The molecule has 0 bridgehead atoms. The van der Waals surface area contributed by atoms with Gasteiger partial charge in [-0.05, 0) is 83.4 Å². The second-order valence-corrected chi connectivity index (χ2v) is 18.3. The molecule has 0 N–H and O–H groups in total. The van der Waals surface area contributed by atoms with Crippen molar-refractivity contribution < 1.29 is 23.8 Å². The van der Waals surface area contributed by atoms with Crippen molar-refractivity contribution in [1.29, 1.82) is 0 Å². The van der Waals surface area contributed by atoms with Crippen LogP contribution in [0.4, 0.5) is 20.4 Å². The van der Waals surface area contributed by atoms with Gasteiger partial charge in [-0.3, -0.25) is 4.90 Å². The molecule has 54 heavy (non-hydrogen) atoms. The maximum atomic E-state index is 13.1. The monoisotopic (exact) mass is 775 g/mol. The summed E-state index contributed by atoms with van der Waals surface area (Å²) in [5, 5.41) is 2.28. The fraction of sp³-hybridized carbons (Fsp3) is 0.550. The Morgan fingerprint density at radius 2 is 1.44 bits per heavy atom.